The normalized spacial score (nSPS) is 11.2. The maximum absolute atomic E-state index is 12.3. The smallest absolute Gasteiger partial charge is 0.306 e. The highest BCUT2D eigenvalue weighted by Crippen LogP contribution is 2.11. The summed E-state index contributed by atoms with van der Waals surface area (Å²) in [4.78, 5) is 0. The molecule has 0 unspecified atom stereocenters. The van der Waals surface area contributed by atoms with Gasteiger partial charge < -0.3 is 4.18 Å². The van der Waals surface area contributed by atoms with Gasteiger partial charge in [-0.15, -0.1) is 0 Å². The van der Waals surface area contributed by atoms with E-state index in [2.05, 4.69) is 10.2 Å². The van der Waals surface area contributed by atoms with Crippen LogP contribution in [0.15, 0.2) is 18.2 Å². The number of rotatable bonds is 2. The molecular weight excluding hydrogens is 183 g/mol. The standard InChI is InChI=1S/C7H6FO3S/c1-12(9,10)11-7-4-2-6(8)3-5-7/h2,4-5H,1H3. The zero-order valence-corrected chi connectivity index (χ0v) is 7.06. The van der Waals surface area contributed by atoms with Gasteiger partial charge in [0.25, 0.3) is 0 Å². The van der Waals surface area contributed by atoms with Crippen LogP contribution in [0.2, 0.25) is 0 Å². The van der Waals surface area contributed by atoms with Crippen LogP contribution in [0.25, 0.3) is 0 Å². The monoisotopic (exact) mass is 189 g/mol. The van der Waals surface area contributed by atoms with E-state index in [-0.39, 0.29) is 5.75 Å². The molecule has 0 heterocycles. The van der Waals surface area contributed by atoms with Crippen molar-refractivity contribution < 1.29 is 17.0 Å². The molecule has 0 aliphatic heterocycles. The van der Waals surface area contributed by atoms with Gasteiger partial charge in [0.1, 0.15) is 11.6 Å². The Kier molecular flexibility index (Phi) is 2.32. The number of hydrogen-bond acceptors (Lipinski definition) is 3. The number of benzene rings is 1. The lowest BCUT2D eigenvalue weighted by Gasteiger charge is -2.00. The van der Waals surface area contributed by atoms with Gasteiger partial charge in [-0.25, -0.2) is 4.39 Å². The summed E-state index contributed by atoms with van der Waals surface area (Å²) in [6, 6.07) is 5.57. The topological polar surface area (TPSA) is 43.4 Å². The summed E-state index contributed by atoms with van der Waals surface area (Å²) in [6.07, 6.45) is 0.913. The largest absolute Gasteiger partial charge is 0.383 e. The van der Waals surface area contributed by atoms with E-state index >= 15 is 0 Å². The molecule has 0 bridgehead atoms. The first kappa shape index (κ1) is 8.99. The van der Waals surface area contributed by atoms with E-state index in [9.17, 15) is 12.8 Å². The molecule has 3 nitrogen and oxygen atoms in total. The first-order valence-electron chi connectivity index (χ1n) is 3.04. The minimum Gasteiger partial charge on any atom is -0.383 e. The minimum atomic E-state index is -3.53. The maximum atomic E-state index is 12.3. The fourth-order valence-electron chi connectivity index (χ4n) is 0.618. The predicted octanol–water partition coefficient (Wildman–Crippen LogP) is 0.964. The summed E-state index contributed by atoms with van der Waals surface area (Å²) in [7, 11) is -3.53. The van der Waals surface area contributed by atoms with Crippen LogP contribution in [0, 0.1) is 11.9 Å². The molecule has 0 aromatic heterocycles. The first-order chi connectivity index (χ1) is 5.47. The van der Waals surface area contributed by atoms with E-state index in [0.717, 1.165) is 18.4 Å². The molecule has 0 aliphatic rings. The lowest BCUT2D eigenvalue weighted by atomic mass is 10.3. The summed E-state index contributed by atoms with van der Waals surface area (Å²) in [5, 5.41) is 0. The van der Waals surface area contributed by atoms with Crippen molar-refractivity contribution in [2.75, 3.05) is 6.26 Å². The lowest BCUT2D eigenvalue weighted by molar-refractivity contribution is 0.491. The van der Waals surface area contributed by atoms with Crippen molar-refractivity contribution in [2.45, 2.75) is 0 Å². The Balaban J connectivity index is 2.85. The fraction of sp³-hybridized carbons (Fsp3) is 0.143. The summed E-state index contributed by atoms with van der Waals surface area (Å²) >= 11 is 0. The Morgan fingerprint density at radius 1 is 1.50 bits per heavy atom. The third kappa shape index (κ3) is 2.87. The zero-order valence-electron chi connectivity index (χ0n) is 6.24. The van der Waals surface area contributed by atoms with Gasteiger partial charge in [0.15, 0.2) is 0 Å². The van der Waals surface area contributed by atoms with Gasteiger partial charge in [-0.2, -0.15) is 8.42 Å². The average molecular weight is 189 g/mol. The maximum Gasteiger partial charge on any atom is 0.306 e. The van der Waals surface area contributed by atoms with Crippen LogP contribution in [-0.2, 0) is 10.1 Å². The molecule has 1 radical (unpaired) electrons. The highest BCUT2D eigenvalue weighted by Gasteiger charge is 2.03. The summed E-state index contributed by atoms with van der Waals surface area (Å²) in [6.45, 7) is 0. The number of hydrogen-bond donors (Lipinski definition) is 0. The molecule has 5 heteroatoms. The highest BCUT2D eigenvalue weighted by atomic mass is 32.2. The van der Waals surface area contributed by atoms with Crippen molar-refractivity contribution in [3.63, 3.8) is 0 Å². The van der Waals surface area contributed by atoms with Gasteiger partial charge >= 0.3 is 10.1 Å². The van der Waals surface area contributed by atoms with Gasteiger partial charge in [-0.3, -0.25) is 0 Å². The minimum absolute atomic E-state index is 0.0545. The van der Waals surface area contributed by atoms with E-state index in [1.807, 2.05) is 0 Å². The molecule has 0 amide bonds. The summed E-state index contributed by atoms with van der Waals surface area (Å²) in [5.74, 6) is -0.505. The van der Waals surface area contributed by atoms with Crippen molar-refractivity contribution >= 4 is 10.1 Å². The van der Waals surface area contributed by atoms with Crippen molar-refractivity contribution in [1.29, 1.82) is 0 Å². The second-order valence-corrected chi connectivity index (χ2v) is 3.73. The van der Waals surface area contributed by atoms with Crippen molar-refractivity contribution in [3.05, 3.63) is 30.1 Å². The van der Waals surface area contributed by atoms with Crippen LogP contribution in [-0.4, -0.2) is 14.7 Å². The molecule has 0 spiro atoms. The fourth-order valence-corrected chi connectivity index (χ4v) is 1.07. The average Bonchev–Trinajstić information content (AvgIpc) is 1.91. The first-order valence-corrected chi connectivity index (χ1v) is 4.86. The van der Waals surface area contributed by atoms with Crippen molar-refractivity contribution in [3.8, 4) is 5.75 Å². The van der Waals surface area contributed by atoms with E-state index in [4.69, 9.17) is 0 Å². The molecule has 12 heavy (non-hydrogen) atoms. The molecule has 1 aromatic rings. The van der Waals surface area contributed by atoms with Crippen LogP contribution in [0.4, 0.5) is 4.39 Å². The van der Waals surface area contributed by atoms with Crippen LogP contribution >= 0.6 is 0 Å². The van der Waals surface area contributed by atoms with Gasteiger partial charge in [0, 0.05) is 6.07 Å². The zero-order chi connectivity index (χ0) is 9.19. The van der Waals surface area contributed by atoms with Crippen molar-refractivity contribution in [2.24, 2.45) is 0 Å². The third-order valence-electron chi connectivity index (χ3n) is 0.994. The highest BCUT2D eigenvalue weighted by molar-refractivity contribution is 7.86. The second kappa shape index (κ2) is 3.10. The molecule has 1 aromatic carbocycles. The van der Waals surface area contributed by atoms with Gasteiger partial charge in [-0.05, 0) is 18.2 Å². The molecule has 0 atom stereocenters. The van der Waals surface area contributed by atoms with E-state index < -0.39 is 15.9 Å². The van der Waals surface area contributed by atoms with E-state index in [1.54, 1.807) is 0 Å². The molecule has 0 aliphatic carbocycles. The molecule has 1 rings (SSSR count). The Morgan fingerprint density at radius 3 is 2.58 bits per heavy atom. The lowest BCUT2D eigenvalue weighted by Crippen LogP contribution is -2.05. The van der Waals surface area contributed by atoms with E-state index in [1.165, 1.54) is 6.07 Å². The molecule has 0 fully saturated rings. The Hall–Kier alpha value is -1.10. The molecule has 0 saturated carbocycles. The van der Waals surface area contributed by atoms with Crippen LogP contribution < -0.4 is 4.18 Å². The quantitative estimate of drug-likeness (QED) is 0.651. The Morgan fingerprint density at radius 2 is 2.17 bits per heavy atom. The van der Waals surface area contributed by atoms with Gasteiger partial charge in [0.05, 0.1) is 6.26 Å². The van der Waals surface area contributed by atoms with Gasteiger partial charge in [-0.1, -0.05) is 0 Å². The molecule has 0 N–H and O–H groups in total. The van der Waals surface area contributed by atoms with Crippen LogP contribution in [0.5, 0.6) is 5.75 Å². The molecule has 65 valence electrons. The van der Waals surface area contributed by atoms with Crippen LogP contribution in [0.1, 0.15) is 0 Å². The summed E-state index contributed by atoms with van der Waals surface area (Å²) < 4.78 is 37.8. The molecular formula is C7H6FO3S. The predicted molar refractivity (Wildman–Crippen MR) is 40.7 cm³/mol. The Bertz CT molecular complexity index is 355. The Labute approximate surface area is 69.9 Å². The van der Waals surface area contributed by atoms with Crippen molar-refractivity contribution in [1.82, 2.24) is 0 Å². The SMILES string of the molecule is CS(=O)(=O)Oc1c[c]c(F)cc1. The molecule has 0 saturated heterocycles. The summed E-state index contributed by atoms with van der Waals surface area (Å²) in [5.41, 5.74) is 0. The second-order valence-electron chi connectivity index (χ2n) is 2.16. The van der Waals surface area contributed by atoms with Crippen LogP contribution in [0.3, 0.4) is 0 Å². The number of halogens is 1. The van der Waals surface area contributed by atoms with E-state index in [0.29, 0.717) is 0 Å². The van der Waals surface area contributed by atoms with Gasteiger partial charge in [0.2, 0.25) is 0 Å². The third-order valence-corrected chi connectivity index (χ3v) is 1.49.